The zero-order valence-corrected chi connectivity index (χ0v) is 16.9. The van der Waals surface area contributed by atoms with Crippen molar-refractivity contribution in [1.29, 1.82) is 0 Å². The molecule has 0 unspecified atom stereocenters. The zero-order chi connectivity index (χ0) is 21.5. The second-order valence-corrected chi connectivity index (χ2v) is 6.73. The number of amides is 1. The molecule has 0 aromatic heterocycles. The molecule has 0 spiro atoms. The van der Waals surface area contributed by atoms with E-state index in [1.165, 1.54) is 18.2 Å². The molecule has 1 fully saturated rings. The van der Waals surface area contributed by atoms with Crippen molar-refractivity contribution < 1.29 is 32.9 Å². The van der Waals surface area contributed by atoms with Gasteiger partial charge in [-0.15, -0.1) is 0 Å². The molecule has 1 saturated heterocycles. The molecule has 2 aromatic carbocycles. The number of carbonyl (C=O) groups excluding carboxylic acids is 2. The van der Waals surface area contributed by atoms with Gasteiger partial charge in [-0.3, -0.25) is 4.79 Å². The molecule has 0 N–H and O–H groups in total. The Morgan fingerprint density at radius 3 is 2.60 bits per heavy atom. The number of likely N-dealkylation sites (tertiary alicyclic amines) is 1. The summed E-state index contributed by atoms with van der Waals surface area (Å²) in [7, 11) is 3.15. The third kappa shape index (κ3) is 5.00. The fraction of sp³-hybridized carbons (Fsp3) is 0.364. The second kappa shape index (κ2) is 9.96. The van der Waals surface area contributed by atoms with Gasteiger partial charge in [0.05, 0.1) is 20.3 Å². The minimum Gasteiger partial charge on any atom is -0.497 e. The highest BCUT2D eigenvalue weighted by Crippen LogP contribution is 2.38. The number of hydrogen-bond donors (Lipinski definition) is 0. The van der Waals surface area contributed by atoms with E-state index in [1.54, 1.807) is 37.3 Å². The van der Waals surface area contributed by atoms with Crippen molar-refractivity contribution in [2.24, 2.45) is 0 Å². The Hall–Kier alpha value is -3.29. The number of halogens is 1. The van der Waals surface area contributed by atoms with E-state index in [9.17, 15) is 14.0 Å². The van der Waals surface area contributed by atoms with Crippen LogP contribution in [0, 0.1) is 5.82 Å². The van der Waals surface area contributed by atoms with E-state index in [1.807, 2.05) is 6.07 Å². The van der Waals surface area contributed by atoms with Crippen LogP contribution in [0.3, 0.4) is 0 Å². The quantitative estimate of drug-likeness (QED) is 0.615. The summed E-state index contributed by atoms with van der Waals surface area (Å²) in [6.07, 6.45) is 1.58. The Morgan fingerprint density at radius 2 is 1.87 bits per heavy atom. The molecule has 2 aromatic rings. The van der Waals surface area contributed by atoms with Gasteiger partial charge in [0, 0.05) is 12.1 Å². The summed E-state index contributed by atoms with van der Waals surface area (Å²) in [4.78, 5) is 26.3. The summed E-state index contributed by atoms with van der Waals surface area (Å²) in [6.45, 7) is -0.350. The van der Waals surface area contributed by atoms with Gasteiger partial charge in [-0.2, -0.15) is 0 Å². The number of ether oxygens (including phenoxy) is 4. The Balaban J connectivity index is 1.58. The number of methoxy groups -OCH3 is 2. The minimum absolute atomic E-state index is 0.0505. The van der Waals surface area contributed by atoms with E-state index in [0.717, 1.165) is 18.4 Å². The highest BCUT2D eigenvalue weighted by atomic mass is 19.1. The molecule has 160 valence electrons. The lowest BCUT2D eigenvalue weighted by Gasteiger charge is -2.26. The van der Waals surface area contributed by atoms with E-state index in [4.69, 9.17) is 18.9 Å². The summed E-state index contributed by atoms with van der Waals surface area (Å²) >= 11 is 0. The van der Waals surface area contributed by atoms with Gasteiger partial charge in [0.2, 0.25) is 0 Å². The van der Waals surface area contributed by atoms with Crippen molar-refractivity contribution in [3.05, 3.63) is 53.8 Å². The van der Waals surface area contributed by atoms with Gasteiger partial charge in [0.15, 0.2) is 24.8 Å². The lowest BCUT2D eigenvalue weighted by atomic mass is 10.0. The molecule has 1 atom stereocenters. The van der Waals surface area contributed by atoms with Crippen LogP contribution in [0.2, 0.25) is 0 Å². The Morgan fingerprint density at radius 1 is 1.07 bits per heavy atom. The molecular formula is C22H24FNO6. The Kier molecular flexibility index (Phi) is 7.11. The summed E-state index contributed by atoms with van der Waals surface area (Å²) in [5.41, 5.74) is 0.844. The van der Waals surface area contributed by atoms with Crippen molar-refractivity contribution in [1.82, 2.24) is 4.90 Å². The first-order chi connectivity index (χ1) is 14.5. The first-order valence-corrected chi connectivity index (χ1v) is 9.58. The highest BCUT2D eigenvalue weighted by molar-refractivity contribution is 5.81. The molecule has 8 heteroatoms. The molecule has 0 radical (unpaired) electrons. The monoisotopic (exact) mass is 417 g/mol. The number of hydrogen-bond acceptors (Lipinski definition) is 6. The van der Waals surface area contributed by atoms with Crippen LogP contribution in [0.1, 0.15) is 24.4 Å². The van der Waals surface area contributed by atoms with Crippen LogP contribution in [0.15, 0.2) is 42.5 Å². The minimum atomic E-state index is -0.749. The fourth-order valence-electron chi connectivity index (χ4n) is 3.45. The Bertz CT molecular complexity index is 903. The smallest absolute Gasteiger partial charge is 0.344 e. The molecule has 1 aliphatic heterocycles. The van der Waals surface area contributed by atoms with E-state index in [0.29, 0.717) is 18.0 Å². The van der Waals surface area contributed by atoms with Crippen molar-refractivity contribution in [3.63, 3.8) is 0 Å². The molecule has 1 aliphatic rings. The van der Waals surface area contributed by atoms with Crippen molar-refractivity contribution in [2.45, 2.75) is 18.9 Å². The lowest BCUT2D eigenvalue weighted by molar-refractivity contribution is -0.154. The van der Waals surface area contributed by atoms with Crippen LogP contribution in [-0.2, 0) is 14.3 Å². The van der Waals surface area contributed by atoms with E-state index in [2.05, 4.69) is 0 Å². The van der Waals surface area contributed by atoms with Gasteiger partial charge in [0.25, 0.3) is 5.91 Å². The number of benzene rings is 2. The van der Waals surface area contributed by atoms with Gasteiger partial charge in [-0.05, 0) is 43.2 Å². The number of nitrogens with zero attached hydrogens (tertiary/aromatic N) is 1. The van der Waals surface area contributed by atoms with Gasteiger partial charge < -0.3 is 23.8 Å². The fourth-order valence-corrected chi connectivity index (χ4v) is 3.45. The van der Waals surface area contributed by atoms with Gasteiger partial charge in [-0.1, -0.05) is 12.1 Å². The molecule has 0 saturated carbocycles. The van der Waals surface area contributed by atoms with Gasteiger partial charge in [-0.25, -0.2) is 9.18 Å². The zero-order valence-electron chi connectivity index (χ0n) is 16.9. The van der Waals surface area contributed by atoms with Gasteiger partial charge in [0.1, 0.15) is 11.5 Å². The average molecular weight is 417 g/mol. The predicted molar refractivity (Wildman–Crippen MR) is 106 cm³/mol. The van der Waals surface area contributed by atoms with Crippen LogP contribution in [0.25, 0.3) is 0 Å². The highest BCUT2D eigenvalue weighted by Gasteiger charge is 2.32. The molecular weight excluding hydrogens is 393 g/mol. The van der Waals surface area contributed by atoms with E-state index >= 15 is 0 Å². The largest absolute Gasteiger partial charge is 0.497 e. The van der Waals surface area contributed by atoms with Crippen LogP contribution in [-0.4, -0.2) is 50.8 Å². The normalized spacial score (nSPS) is 15.6. The molecule has 7 nitrogen and oxygen atoms in total. The van der Waals surface area contributed by atoms with Crippen LogP contribution < -0.4 is 14.2 Å². The maximum atomic E-state index is 13.5. The van der Waals surface area contributed by atoms with Crippen molar-refractivity contribution in [2.75, 3.05) is 34.0 Å². The Labute approximate surface area is 174 Å². The average Bonchev–Trinajstić information content (AvgIpc) is 3.26. The molecule has 1 heterocycles. The number of para-hydroxylation sites is 1. The van der Waals surface area contributed by atoms with Gasteiger partial charge >= 0.3 is 5.97 Å². The second-order valence-electron chi connectivity index (χ2n) is 6.73. The molecule has 0 aliphatic carbocycles. The lowest BCUT2D eigenvalue weighted by Crippen LogP contribution is -2.35. The standard InChI is InChI=1S/C22H24FNO6/c1-27-15-9-10-19(28-2)16(12-15)18-7-5-11-24(18)21(25)13-30-22(26)14-29-20-8-4-3-6-17(20)23/h3-4,6,8-10,12,18H,5,7,11,13-14H2,1-2H3/t18-/m1/s1. The summed E-state index contributed by atoms with van der Waals surface area (Å²) in [5.74, 6) is -0.362. The maximum Gasteiger partial charge on any atom is 0.344 e. The number of esters is 1. The molecule has 1 amide bonds. The number of rotatable bonds is 8. The first-order valence-electron chi connectivity index (χ1n) is 9.58. The third-order valence-corrected chi connectivity index (χ3v) is 4.91. The van der Waals surface area contributed by atoms with Crippen LogP contribution in [0.4, 0.5) is 4.39 Å². The molecule has 3 rings (SSSR count). The maximum absolute atomic E-state index is 13.5. The summed E-state index contributed by atoms with van der Waals surface area (Å²) in [5, 5.41) is 0. The summed E-state index contributed by atoms with van der Waals surface area (Å²) < 4.78 is 34.4. The predicted octanol–water partition coefficient (Wildman–Crippen LogP) is 3.13. The molecule has 0 bridgehead atoms. The topological polar surface area (TPSA) is 74.3 Å². The number of carbonyl (C=O) groups is 2. The van der Waals surface area contributed by atoms with E-state index < -0.39 is 25.0 Å². The third-order valence-electron chi connectivity index (χ3n) is 4.91. The summed E-state index contributed by atoms with van der Waals surface area (Å²) in [6, 6.07) is 11.0. The molecule has 30 heavy (non-hydrogen) atoms. The van der Waals surface area contributed by atoms with Crippen molar-refractivity contribution >= 4 is 11.9 Å². The van der Waals surface area contributed by atoms with Crippen LogP contribution in [0.5, 0.6) is 17.2 Å². The van der Waals surface area contributed by atoms with Crippen LogP contribution >= 0.6 is 0 Å². The SMILES string of the molecule is COc1ccc(OC)c([C@H]2CCCN2C(=O)COC(=O)COc2ccccc2F)c1. The van der Waals surface area contributed by atoms with E-state index in [-0.39, 0.29) is 17.7 Å². The first kappa shape index (κ1) is 21.4. The van der Waals surface area contributed by atoms with Crippen molar-refractivity contribution in [3.8, 4) is 17.2 Å².